The molecule has 0 aromatic carbocycles. The maximum Gasteiger partial charge on any atom is 0.490 e. The van der Waals surface area contributed by atoms with Crippen molar-refractivity contribution in [2.75, 3.05) is 27.7 Å². The second kappa shape index (κ2) is 7.04. The van der Waals surface area contributed by atoms with Crippen LogP contribution in [0.4, 0.5) is 13.2 Å². The number of carboxylic acids is 1. The van der Waals surface area contributed by atoms with E-state index in [2.05, 4.69) is 5.32 Å². The van der Waals surface area contributed by atoms with Crippen LogP contribution in [0.3, 0.4) is 0 Å². The van der Waals surface area contributed by atoms with Crippen molar-refractivity contribution in [2.45, 2.75) is 6.18 Å². The molecule has 0 bridgehead atoms. The quantitative estimate of drug-likeness (QED) is 0.696. The fraction of sp³-hybridized carbons (Fsp3) is 0.714. The molecule has 90 valence electrons. The van der Waals surface area contributed by atoms with Gasteiger partial charge >= 0.3 is 12.1 Å². The zero-order valence-corrected chi connectivity index (χ0v) is 8.55. The highest BCUT2D eigenvalue weighted by atomic mass is 19.4. The SMILES string of the molecule is CNCC(=O)N(C)C.O=C(O)C(F)(F)F. The number of amides is 1. The zero-order valence-electron chi connectivity index (χ0n) is 8.55. The van der Waals surface area contributed by atoms with Crippen molar-refractivity contribution in [3.63, 3.8) is 0 Å². The highest BCUT2D eigenvalue weighted by Gasteiger charge is 2.38. The third-order valence-corrected chi connectivity index (χ3v) is 1.07. The highest BCUT2D eigenvalue weighted by molar-refractivity contribution is 5.77. The normalized spacial score (nSPS) is 10.0. The smallest absolute Gasteiger partial charge is 0.475 e. The van der Waals surface area contributed by atoms with Crippen LogP contribution in [0.5, 0.6) is 0 Å². The molecule has 0 fully saturated rings. The van der Waals surface area contributed by atoms with E-state index in [9.17, 15) is 18.0 Å². The summed E-state index contributed by atoms with van der Waals surface area (Å²) >= 11 is 0. The lowest BCUT2D eigenvalue weighted by atomic mass is 10.5. The average Bonchev–Trinajstić information content (AvgIpc) is 2.03. The highest BCUT2D eigenvalue weighted by Crippen LogP contribution is 2.13. The zero-order chi connectivity index (χ0) is 12.6. The van der Waals surface area contributed by atoms with E-state index >= 15 is 0 Å². The minimum absolute atomic E-state index is 0.104. The van der Waals surface area contributed by atoms with Gasteiger partial charge in [0.25, 0.3) is 0 Å². The number of rotatable bonds is 2. The van der Waals surface area contributed by atoms with Gasteiger partial charge in [-0.2, -0.15) is 13.2 Å². The maximum absolute atomic E-state index is 10.6. The first-order valence-corrected chi connectivity index (χ1v) is 3.77. The van der Waals surface area contributed by atoms with Gasteiger partial charge in [-0.3, -0.25) is 4.79 Å². The minimum Gasteiger partial charge on any atom is -0.475 e. The van der Waals surface area contributed by atoms with Gasteiger partial charge in [0, 0.05) is 14.1 Å². The van der Waals surface area contributed by atoms with Gasteiger partial charge in [0.2, 0.25) is 5.91 Å². The van der Waals surface area contributed by atoms with Crippen molar-refractivity contribution in [1.29, 1.82) is 0 Å². The van der Waals surface area contributed by atoms with Crippen molar-refractivity contribution < 1.29 is 27.9 Å². The fourth-order valence-electron chi connectivity index (χ4n) is 0.309. The average molecular weight is 230 g/mol. The molecule has 0 aromatic heterocycles. The van der Waals surface area contributed by atoms with E-state index < -0.39 is 12.1 Å². The van der Waals surface area contributed by atoms with Gasteiger partial charge in [-0.25, -0.2) is 4.79 Å². The predicted octanol–water partition coefficient (Wildman–Crippen LogP) is -0.0727. The van der Waals surface area contributed by atoms with E-state index in [4.69, 9.17) is 9.90 Å². The molecule has 0 saturated carbocycles. The molecule has 1 amide bonds. The first-order valence-electron chi connectivity index (χ1n) is 3.77. The summed E-state index contributed by atoms with van der Waals surface area (Å²) in [6, 6.07) is 0. The van der Waals surface area contributed by atoms with Gasteiger partial charge in [-0.05, 0) is 7.05 Å². The molecular formula is C7H13F3N2O3. The summed E-state index contributed by atoms with van der Waals surface area (Å²) < 4.78 is 31.7. The Morgan fingerprint density at radius 3 is 1.73 bits per heavy atom. The summed E-state index contributed by atoms with van der Waals surface area (Å²) in [6.07, 6.45) is -5.08. The number of nitrogens with zero attached hydrogens (tertiary/aromatic N) is 1. The van der Waals surface area contributed by atoms with Crippen molar-refractivity contribution in [3.8, 4) is 0 Å². The standard InChI is InChI=1S/C5H12N2O.C2HF3O2/c1-6-4-5(8)7(2)3;3-2(4,5)1(6)7/h6H,4H2,1-3H3;(H,6,7). The molecule has 0 aromatic rings. The number of hydrogen-bond donors (Lipinski definition) is 2. The molecule has 0 heterocycles. The van der Waals surface area contributed by atoms with Crippen LogP contribution in [0.25, 0.3) is 0 Å². The summed E-state index contributed by atoms with van der Waals surface area (Å²) in [4.78, 5) is 21.1. The van der Waals surface area contributed by atoms with Crippen LogP contribution in [0.2, 0.25) is 0 Å². The number of likely N-dealkylation sites (N-methyl/N-ethyl adjacent to an activating group) is 2. The molecule has 8 heteroatoms. The van der Waals surface area contributed by atoms with E-state index in [1.807, 2.05) is 0 Å². The van der Waals surface area contributed by atoms with Gasteiger partial charge < -0.3 is 15.3 Å². The Bertz CT molecular complexity index is 216. The van der Waals surface area contributed by atoms with E-state index in [-0.39, 0.29) is 5.91 Å². The van der Waals surface area contributed by atoms with Gasteiger partial charge in [0.1, 0.15) is 0 Å². The van der Waals surface area contributed by atoms with Crippen LogP contribution in [-0.4, -0.2) is 55.7 Å². The molecule has 0 aliphatic carbocycles. The molecular weight excluding hydrogens is 217 g/mol. The first kappa shape index (κ1) is 16.1. The van der Waals surface area contributed by atoms with Crippen LogP contribution < -0.4 is 5.32 Å². The third-order valence-electron chi connectivity index (χ3n) is 1.07. The first-order chi connectivity index (χ1) is 6.62. The van der Waals surface area contributed by atoms with Gasteiger partial charge in [0.05, 0.1) is 6.54 Å². The van der Waals surface area contributed by atoms with Crippen molar-refractivity contribution in [2.24, 2.45) is 0 Å². The summed E-state index contributed by atoms with van der Waals surface area (Å²) in [7, 11) is 5.22. The molecule has 0 rings (SSSR count). The largest absolute Gasteiger partial charge is 0.490 e. The number of halogens is 3. The van der Waals surface area contributed by atoms with Crippen molar-refractivity contribution >= 4 is 11.9 Å². The van der Waals surface area contributed by atoms with Gasteiger partial charge in [-0.1, -0.05) is 0 Å². The lowest BCUT2D eigenvalue weighted by molar-refractivity contribution is -0.192. The Morgan fingerprint density at radius 1 is 1.33 bits per heavy atom. The fourth-order valence-corrected chi connectivity index (χ4v) is 0.309. The molecule has 0 aliphatic rings. The second-order valence-corrected chi connectivity index (χ2v) is 2.62. The molecule has 0 saturated heterocycles. The Labute approximate surface area is 84.9 Å². The van der Waals surface area contributed by atoms with Crippen molar-refractivity contribution in [1.82, 2.24) is 10.2 Å². The molecule has 0 aliphatic heterocycles. The van der Waals surface area contributed by atoms with Gasteiger partial charge in [-0.15, -0.1) is 0 Å². The molecule has 0 atom stereocenters. The number of carbonyl (C=O) groups excluding carboxylic acids is 1. The Balaban J connectivity index is 0. The van der Waals surface area contributed by atoms with Crippen LogP contribution in [0.1, 0.15) is 0 Å². The Hall–Kier alpha value is -1.31. The lowest BCUT2D eigenvalue weighted by Gasteiger charge is -2.07. The molecule has 5 nitrogen and oxygen atoms in total. The lowest BCUT2D eigenvalue weighted by Crippen LogP contribution is -2.30. The topological polar surface area (TPSA) is 69.6 Å². The summed E-state index contributed by atoms with van der Waals surface area (Å²) in [5, 5.41) is 9.88. The third kappa shape index (κ3) is 10.6. The molecule has 0 radical (unpaired) electrons. The predicted molar refractivity (Wildman–Crippen MR) is 46.3 cm³/mol. The van der Waals surface area contributed by atoms with Crippen LogP contribution in [0, 0.1) is 0 Å². The molecule has 15 heavy (non-hydrogen) atoms. The Kier molecular flexibility index (Phi) is 7.58. The molecule has 2 N–H and O–H groups in total. The van der Waals surface area contributed by atoms with E-state index in [0.717, 1.165) is 0 Å². The van der Waals surface area contributed by atoms with Crippen LogP contribution in [0.15, 0.2) is 0 Å². The number of nitrogens with one attached hydrogen (secondary N) is 1. The van der Waals surface area contributed by atoms with Crippen LogP contribution >= 0.6 is 0 Å². The summed E-state index contributed by atoms with van der Waals surface area (Å²) in [6.45, 7) is 0.424. The van der Waals surface area contributed by atoms with E-state index in [1.165, 1.54) is 0 Å². The van der Waals surface area contributed by atoms with Crippen molar-refractivity contribution in [3.05, 3.63) is 0 Å². The van der Waals surface area contributed by atoms with E-state index in [0.29, 0.717) is 6.54 Å². The monoisotopic (exact) mass is 230 g/mol. The molecule has 0 unspecified atom stereocenters. The van der Waals surface area contributed by atoms with Crippen LogP contribution in [-0.2, 0) is 9.59 Å². The number of carboxylic acid groups (broad SMARTS) is 1. The number of hydrogen-bond acceptors (Lipinski definition) is 3. The Morgan fingerprint density at radius 2 is 1.67 bits per heavy atom. The number of carbonyl (C=O) groups is 2. The number of alkyl halides is 3. The summed E-state index contributed by atoms with van der Waals surface area (Å²) in [5.41, 5.74) is 0. The maximum atomic E-state index is 10.6. The second-order valence-electron chi connectivity index (χ2n) is 2.62. The minimum atomic E-state index is -5.08. The van der Waals surface area contributed by atoms with Gasteiger partial charge in [0.15, 0.2) is 0 Å². The molecule has 0 spiro atoms. The number of aliphatic carboxylic acids is 1. The van der Waals surface area contributed by atoms with E-state index in [1.54, 1.807) is 26.0 Å². The summed E-state index contributed by atoms with van der Waals surface area (Å²) in [5.74, 6) is -2.65.